The predicted molar refractivity (Wildman–Crippen MR) is 78.7 cm³/mol. The molecule has 1 atom stereocenters. The normalized spacial score (nSPS) is 19.3. The van der Waals surface area contributed by atoms with E-state index in [1.807, 2.05) is 16.9 Å². The van der Waals surface area contributed by atoms with Crippen LogP contribution in [0, 0.1) is 0 Å². The predicted octanol–water partition coefficient (Wildman–Crippen LogP) is 1.83. The van der Waals surface area contributed by atoms with Gasteiger partial charge in [-0.25, -0.2) is 4.68 Å². The molecule has 0 amide bonds. The van der Waals surface area contributed by atoms with Gasteiger partial charge in [0, 0.05) is 38.1 Å². The maximum absolute atomic E-state index is 5.91. The molecular formula is C14H19ClN4. The van der Waals surface area contributed by atoms with Gasteiger partial charge in [-0.2, -0.15) is 5.10 Å². The number of halogens is 1. The van der Waals surface area contributed by atoms with E-state index in [-0.39, 0.29) is 12.4 Å². The lowest BCUT2D eigenvalue weighted by molar-refractivity contribution is 0.327. The zero-order valence-electron chi connectivity index (χ0n) is 10.8. The Morgan fingerprint density at radius 3 is 2.63 bits per heavy atom. The molecule has 1 aliphatic rings. The second-order valence-corrected chi connectivity index (χ2v) is 4.90. The molecule has 2 heterocycles. The van der Waals surface area contributed by atoms with Gasteiger partial charge in [0.25, 0.3) is 0 Å². The fourth-order valence-electron chi connectivity index (χ4n) is 2.44. The molecule has 102 valence electrons. The molecule has 3 rings (SSSR count). The molecule has 2 aromatic rings. The number of rotatable bonds is 3. The summed E-state index contributed by atoms with van der Waals surface area (Å²) in [6.07, 6.45) is 4.86. The van der Waals surface area contributed by atoms with Gasteiger partial charge in [-0.15, -0.1) is 12.4 Å². The number of likely N-dealkylation sites (tertiary alicyclic amines) is 1. The van der Waals surface area contributed by atoms with Crippen LogP contribution >= 0.6 is 12.4 Å². The highest BCUT2D eigenvalue weighted by molar-refractivity contribution is 5.85. The first-order valence-corrected chi connectivity index (χ1v) is 6.38. The summed E-state index contributed by atoms with van der Waals surface area (Å²) in [5, 5.41) is 4.22. The number of aromatic nitrogens is 2. The second kappa shape index (κ2) is 6.19. The van der Waals surface area contributed by atoms with Crippen molar-refractivity contribution in [3.63, 3.8) is 0 Å². The summed E-state index contributed by atoms with van der Waals surface area (Å²) in [5.74, 6) is 0. The van der Waals surface area contributed by atoms with Gasteiger partial charge >= 0.3 is 0 Å². The van der Waals surface area contributed by atoms with Crippen molar-refractivity contribution in [3.8, 4) is 5.69 Å². The Hall–Kier alpha value is -1.36. The Morgan fingerprint density at radius 2 is 2.05 bits per heavy atom. The molecule has 1 unspecified atom stereocenters. The fraction of sp³-hybridized carbons (Fsp3) is 0.357. The Morgan fingerprint density at radius 1 is 1.26 bits per heavy atom. The van der Waals surface area contributed by atoms with Crippen LogP contribution in [0.3, 0.4) is 0 Å². The van der Waals surface area contributed by atoms with E-state index in [9.17, 15) is 0 Å². The molecule has 0 bridgehead atoms. The molecule has 5 heteroatoms. The van der Waals surface area contributed by atoms with Gasteiger partial charge in [0.15, 0.2) is 0 Å². The van der Waals surface area contributed by atoms with E-state index in [0.717, 1.165) is 31.7 Å². The van der Waals surface area contributed by atoms with Crippen molar-refractivity contribution >= 4 is 12.4 Å². The van der Waals surface area contributed by atoms with Crippen LogP contribution in [-0.4, -0.2) is 33.8 Å². The smallest absolute Gasteiger partial charge is 0.0645 e. The van der Waals surface area contributed by atoms with Crippen LogP contribution in [0.1, 0.15) is 12.0 Å². The maximum Gasteiger partial charge on any atom is 0.0645 e. The van der Waals surface area contributed by atoms with Gasteiger partial charge in [0.05, 0.1) is 5.69 Å². The number of hydrogen-bond donors (Lipinski definition) is 1. The monoisotopic (exact) mass is 278 g/mol. The van der Waals surface area contributed by atoms with Gasteiger partial charge in [0.2, 0.25) is 0 Å². The van der Waals surface area contributed by atoms with Crippen LogP contribution in [0.2, 0.25) is 0 Å². The average Bonchev–Trinajstić information content (AvgIpc) is 3.02. The lowest BCUT2D eigenvalue weighted by Crippen LogP contribution is -2.26. The second-order valence-electron chi connectivity index (χ2n) is 4.90. The minimum atomic E-state index is 0. The largest absolute Gasteiger partial charge is 0.326 e. The first-order valence-electron chi connectivity index (χ1n) is 6.38. The fourth-order valence-corrected chi connectivity index (χ4v) is 2.44. The van der Waals surface area contributed by atoms with E-state index in [2.05, 4.69) is 34.3 Å². The summed E-state index contributed by atoms with van der Waals surface area (Å²) >= 11 is 0. The molecule has 19 heavy (non-hydrogen) atoms. The van der Waals surface area contributed by atoms with E-state index in [0.29, 0.717) is 6.04 Å². The van der Waals surface area contributed by atoms with Crippen molar-refractivity contribution in [2.24, 2.45) is 5.73 Å². The third-order valence-electron chi connectivity index (χ3n) is 3.42. The van der Waals surface area contributed by atoms with Crippen LogP contribution < -0.4 is 5.73 Å². The van der Waals surface area contributed by atoms with E-state index < -0.39 is 0 Å². The summed E-state index contributed by atoms with van der Waals surface area (Å²) in [6, 6.07) is 10.8. The highest BCUT2D eigenvalue weighted by Crippen LogP contribution is 2.14. The Bertz CT molecular complexity index is 495. The molecule has 2 N–H and O–H groups in total. The molecule has 1 fully saturated rings. The van der Waals surface area contributed by atoms with Gasteiger partial charge in [-0.3, -0.25) is 4.90 Å². The molecule has 0 spiro atoms. The SMILES string of the molecule is Cl.NC1CCN(Cc2ccc(-n3cccn3)cc2)C1. The van der Waals surface area contributed by atoms with E-state index in [1.165, 1.54) is 5.56 Å². The molecule has 1 aliphatic heterocycles. The van der Waals surface area contributed by atoms with E-state index in [1.54, 1.807) is 6.20 Å². The third kappa shape index (κ3) is 3.35. The van der Waals surface area contributed by atoms with Crippen molar-refractivity contribution in [1.29, 1.82) is 0 Å². The first kappa shape index (κ1) is 14.1. The molecular weight excluding hydrogens is 260 g/mol. The molecule has 1 aromatic heterocycles. The van der Waals surface area contributed by atoms with E-state index in [4.69, 9.17) is 5.73 Å². The van der Waals surface area contributed by atoms with E-state index >= 15 is 0 Å². The molecule has 0 saturated carbocycles. The summed E-state index contributed by atoms with van der Waals surface area (Å²) < 4.78 is 1.87. The molecule has 1 saturated heterocycles. The lowest BCUT2D eigenvalue weighted by Gasteiger charge is -2.15. The van der Waals surface area contributed by atoms with Crippen molar-refractivity contribution in [1.82, 2.24) is 14.7 Å². The van der Waals surface area contributed by atoms with Crippen molar-refractivity contribution in [2.45, 2.75) is 19.0 Å². The molecule has 4 nitrogen and oxygen atoms in total. The van der Waals surface area contributed by atoms with Crippen LogP contribution in [0.25, 0.3) is 5.69 Å². The highest BCUT2D eigenvalue weighted by Gasteiger charge is 2.18. The number of benzene rings is 1. The van der Waals surface area contributed by atoms with Crippen LogP contribution in [0.5, 0.6) is 0 Å². The minimum absolute atomic E-state index is 0. The highest BCUT2D eigenvalue weighted by atomic mass is 35.5. The summed E-state index contributed by atoms with van der Waals surface area (Å²) in [7, 11) is 0. The van der Waals surface area contributed by atoms with Gasteiger partial charge < -0.3 is 5.73 Å². The topological polar surface area (TPSA) is 47.1 Å². The molecule has 0 radical (unpaired) electrons. The number of hydrogen-bond acceptors (Lipinski definition) is 3. The Labute approximate surface area is 119 Å². The molecule has 1 aromatic carbocycles. The van der Waals surface area contributed by atoms with Crippen molar-refractivity contribution in [3.05, 3.63) is 48.3 Å². The molecule has 0 aliphatic carbocycles. The Balaban J connectivity index is 0.00000133. The van der Waals surface area contributed by atoms with Crippen LogP contribution in [0.15, 0.2) is 42.7 Å². The third-order valence-corrected chi connectivity index (χ3v) is 3.42. The minimum Gasteiger partial charge on any atom is -0.326 e. The quantitative estimate of drug-likeness (QED) is 0.932. The van der Waals surface area contributed by atoms with Gasteiger partial charge in [-0.1, -0.05) is 12.1 Å². The summed E-state index contributed by atoms with van der Waals surface area (Å²) in [5.41, 5.74) is 8.35. The lowest BCUT2D eigenvalue weighted by atomic mass is 10.2. The zero-order valence-corrected chi connectivity index (χ0v) is 11.6. The van der Waals surface area contributed by atoms with Gasteiger partial charge in [0.1, 0.15) is 0 Å². The number of nitrogens with two attached hydrogens (primary N) is 1. The van der Waals surface area contributed by atoms with Crippen molar-refractivity contribution in [2.75, 3.05) is 13.1 Å². The Kier molecular flexibility index (Phi) is 4.58. The standard InChI is InChI=1S/C14H18N4.ClH/c15-13-6-9-17(11-13)10-12-2-4-14(5-3-12)18-8-1-7-16-18;/h1-5,7-8,13H,6,9-11,15H2;1H. The van der Waals surface area contributed by atoms with Crippen molar-refractivity contribution < 1.29 is 0 Å². The number of nitrogens with zero attached hydrogens (tertiary/aromatic N) is 3. The summed E-state index contributed by atoms with van der Waals surface area (Å²) in [4.78, 5) is 2.41. The average molecular weight is 279 g/mol. The summed E-state index contributed by atoms with van der Waals surface area (Å²) in [6.45, 7) is 3.12. The van der Waals surface area contributed by atoms with Crippen LogP contribution in [0.4, 0.5) is 0 Å². The zero-order chi connectivity index (χ0) is 12.4. The maximum atomic E-state index is 5.91. The first-order chi connectivity index (χ1) is 8.81. The van der Waals surface area contributed by atoms with Gasteiger partial charge in [-0.05, 0) is 30.2 Å². The van der Waals surface area contributed by atoms with Crippen LogP contribution in [-0.2, 0) is 6.54 Å².